The van der Waals surface area contributed by atoms with Gasteiger partial charge in [0.2, 0.25) is 5.91 Å². The minimum atomic E-state index is -0.558. The molecule has 8 nitrogen and oxygen atoms in total. The van der Waals surface area contributed by atoms with Gasteiger partial charge >= 0.3 is 0 Å². The zero-order valence-corrected chi connectivity index (χ0v) is 23.7. The maximum Gasteiger partial charge on any atom is 0.227 e. The van der Waals surface area contributed by atoms with Crippen molar-refractivity contribution in [3.63, 3.8) is 0 Å². The van der Waals surface area contributed by atoms with E-state index >= 15 is 0 Å². The van der Waals surface area contributed by atoms with Gasteiger partial charge in [-0.3, -0.25) is 14.4 Å². The van der Waals surface area contributed by atoms with Gasteiger partial charge in [-0.05, 0) is 81.1 Å². The zero-order chi connectivity index (χ0) is 27.7. The van der Waals surface area contributed by atoms with Gasteiger partial charge in [0, 0.05) is 26.7 Å². The van der Waals surface area contributed by atoms with Crippen LogP contribution in [0.25, 0.3) is 5.00 Å². The number of aryl methyl sites for hydroxylation is 3. The lowest BCUT2D eigenvalue weighted by atomic mass is 9.99. The summed E-state index contributed by atoms with van der Waals surface area (Å²) in [7, 11) is 0. The van der Waals surface area contributed by atoms with Crippen molar-refractivity contribution in [3.8, 4) is 5.00 Å². The lowest BCUT2D eigenvalue weighted by Crippen LogP contribution is -2.17. The number of carbonyl (C=O) groups is 1. The molecule has 0 radical (unpaired) electrons. The summed E-state index contributed by atoms with van der Waals surface area (Å²) >= 11 is 7.86. The van der Waals surface area contributed by atoms with Gasteiger partial charge in [0.25, 0.3) is 0 Å². The van der Waals surface area contributed by atoms with Gasteiger partial charge in [-0.1, -0.05) is 29.8 Å². The largest absolute Gasteiger partial charge is 0.392 e. The SMILES string of the molecule is Cc1sc2c(c1C)C(c1ccc(Cl)cc1)=N[C@@H](CC(=O)Nc1ccc(CCCN)c(CO)c1)c1nnc(C)n1-2. The third-order valence-electron chi connectivity index (χ3n) is 7.05. The molecule has 1 aliphatic rings. The fourth-order valence-corrected chi connectivity index (χ4v) is 6.25. The minimum absolute atomic E-state index is 0.0750. The summed E-state index contributed by atoms with van der Waals surface area (Å²) in [6, 6.07) is 12.7. The van der Waals surface area contributed by atoms with Gasteiger partial charge in [-0.2, -0.15) is 0 Å². The summed E-state index contributed by atoms with van der Waals surface area (Å²) in [6.07, 6.45) is 1.69. The first-order valence-electron chi connectivity index (χ1n) is 12.9. The predicted octanol–water partition coefficient (Wildman–Crippen LogP) is 5.21. The molecule has 10 heteroatoms. The number of aliphatic hydroxyl groups excluding tert-OH is 1. The Morgan fingerprint density at radius 2 is 1.90 bits per heavy atom. The number of aromatic nitrogens is 3. The fraction of sp³-hybridized carbons (Fsp3) is 0.310. The summed E-state index contributed by atoms with van der Waals surface area (Å²) in [5.41, 5.74) is 12.0. The molecule has 1 aliphatic heterocycles. The van der Waals surface area contributed by atoms with E-state index in [1.807, 2.05) is 54.0 Å². The fourth-order valence-electron chi connectivity index (χ4n) is 4.91. The van der Waals surface area contributed by atoms with Crippen molar-refractivity contribution in [1.29, 1.82) is 0 Å². The number of fused-ring (bicyclic) bond motifs is 3. The topological polar surface area (TPSA) is 118 Å². The van der Waals surface area contributed by atoms with Crippen LogP contribution in [0.15, 0.2) is 47.5 Å². The maximum atomic E-state index is 13.4. The third-order valence-corrected chi connectivity index (χ3v) is 8.49. The van der Waals surface area contributed by atoms with Crippen LogP contribution in [0.2, 0.25) is 5.02 Å². The van der Waals surface area contributed by atoms with Crippen molar-refractivity contribution in [2.24, 2.45) is 10.7 Å². The molecular weight excluding hydrogens is 532 g/mol. The molecule has 0 fully saturated rings. The van der Waals surface area contributed by atoms with Crippen LogP contribution in [0.3, 0.4) is 0 Å². The molecule has 2 aromatic carbocycles. The smallest absolute Gasteiger partial charge is 0.227 e. The number of thiophene rings is 1. The Balaban J connectivity index is 1.51. The lowest BCUT2D eigenvalue weighted by Gasteiger charge is -2.14. The zero-order valence-electron chi connectivity index (χ0n) is 22.2. The normalized spacial score (nSPS) is 14.4. The van der Waals surface area contributed by atoms with Crippen LogP contribution < -0.4 is 11.1 Å². The predicted molar refractivity (Wildman–Crippen MR) is 156 cm³/mol. The second kappa shape index (κ2) is 11.4. The van der Waals surface area contributed by atoms with Crippen LogP contribution in [0.1, 0.15) is 63.2 Å². The van der Waals surface area contributed by atoms with E-state index in [1.165, 1.54) is 4.88 Å². The molecule has 202 valence electrons. The molecule has 2 aromatic heterocycles. The number of benzene rings is 2. The van der Waals surface area contributed by atoms with Crippen molar-refractivity contribution in [2.45, 2.75) is 52.7 Å². The average molecular weight is 563 g/mol. The molecule has 0 saturated heterocycles. The number of hydrogen-bond acceptors (Lipinski definition) is 7. The van der Waals surface area contributed by atoms with Crippen molar-refractivity contribution >= 4 is 40.2 Å². The van der Waals surface area contributed by atoms with Crippen molar-refractivity contribution in [2.75, 3.05) is 11.9 Å². The van der Waals surface area contributed by atoms with Crippen LogP contribution >= 0.6 is 22.9 Å². The molecule has 1 amide bonds. The summed E-state index contributed by atoms with van der Waals surface area (Å²) in [4.78, 5) is 19.7. The molecule has 0 aliphatic carbocycles. The average Bonchev–Trinajstić information content (AvgIpc) is 3.40. The second-order valence-corrected chi connectivity index (χ2v) is 11.3. The van der Waals surface area contributed by atoms with Gasteiger partial charge in [0.15, 0.2) is 5.82 Å². The monoisotopic (exact) mass is 562 g/mol. The minimum Gasteiger partial charge on any atom is -0.392 e. The van der Waals surface area contributed by atoms with Gasteiger partial charge in [-0.15, -0.1) is 21.5 Å². The number of carbonyl (C=O) groups excluding carboxylic acids is 1. The van der Waals surface area contributed by atoms with Crippen LogP contribution in [-0.4, -0.2) is 38.0 Å². The highest BCUT2D eigenvalue weighted by atomic mass is 35.5. The van der Waals surface area contributed by atoms with Crippen LogP contribution in [0, 0.1) is 20.8 Å². The summed E-state index contributed by atoms with van der Waals surface area (Å²) in [6.45, 7) is 6.58. The number of halogens is 1. The molecule has 0 bridgehead atoms. The Bertz CT molecular complexity index is 1560. The van der Waals surface area contributed by atoms with E-state index in [4.69, 9.17) is 22.3 Å². The number of nitrogens with two attached hydrogens (primary N) is 1. The Morgan fingerprint density at radius 3 is 2.62 bits per heavy atom. The lowest BCUT2D eigenvalue weighted by molar-refractivity contribution is -0.116. The Labute approximate surface area is 236 Å². The number of amides is 1. The maximum absolute atomic E-state index is 13.4. The molecule has 5 rings (SSSR count). The highest BCUT2D eigenvalue weighted by molar-refractivity contribution is 7.15. The highest BCUT2D eigenvalue weighted by Crippen LogP contribution is 2.39. The Morgan fingerprint density at radius 1 is 1.13 bits per heavy atom. The number of anilines is 1. The molecule has 0 unspecified atom stereocenters. The van der Waals surface area contributed by atoms with Crippen molar-refractivity contribution < 1.29 is 9.90 Å². The van der Waals surface area contributed by atoms with E-state index in [-0.39, 0.29) is 18.9 Å². The number of nitrogens with zero attached hydrogens (tertiary/aromatic N) is 4. The number of nitrogens with one attached hydrogen (secondary N) is 1. The van der Waals surface area contributed by atoms with Gasteiger partial charge in [0.05, 0.1) is 18.7 Å². The summed E-state index contributed by atoms with van der Waals surface area (Å²) in [5, 5.41) is 23.3. The van der Waals surface area contributed by atoms with E-state index in [0.29, 0.717) is 23.1 Å². The van der Waals surface area contributed by atoms with E-state index in [2.05, 4.69) is 29.4 Å². The van der Waals surface area contributed by atoms with E-state index < -0.39 is 6.04 Å². The van der Waals surface area contributed by atoms with Crippen LogP contribution in [-0.2, 0) is 17.8 Å². The van der Waals surface area contributed by atoms with Crippen LogP contribution in [0.5, 0.6) is 0 Å². The molecule has 4 aromatic rings. The number of aliphatic imine (C=N–C) groups is 1. The van der Waals surface area contributed by atoms with E-state index in [0.717, 1.165) is 57.2 Å². The number of rotatable bonds is 8. The first-order chi connectivity index (χ1) is 18.8. The third kappa shape index (κ3) is 5.40. The molecule has 0 spiro atoms. The van der Waals surface area contributed by atoms with Crippen LogP contribution in [0.4, 0.5) is 5.69 Å². The van der Waals surface area contributed by atoms with Crippen molar-refractivity contribution in [3.05, 3.63) is 91.8 Å². The van der Waals surface area contributed by atoms with Gasteiger partial charge in [0.1, 0.15) is 16.9 Å². The molecule has 3 heterocycles. The Hall–Kier alpha value is -3.37. The standard InChI is InChI=1S/C29H31ClN6O2S/c1-16-17(2)39-29-26(16)27(20-6-9-22(30)10-7-20)33-24(28-35-34-18(3)36(28)29)14-25(38)32-23-11-8-19(5-4-12-31)21(13-23)15-37/h6-11,13,24,37H,4-5,12,14-15,31H2,1-3H3,(H,32,38)/t24-/m0/s1. The van der Waals surface area contributed by atoms with E-state index in [9.17, 15) is 9.90 Å². The molecule has 4 N–H and O–H groups in total. The molecule has 1 atom stereocenters. The van der Waals surface area contributed by atoms with Crippen molar-refractivity contribution in [1.82, 2.24) is 14.8 Å². The van der Waals surface area contributed by atoms with E-state index in [1.54, 1.807) is 11.3 Å². The summed E-state index contributed by atoms with van der Waals surface area (Å²) < 4.78 is 2.03. The quantitative estimate of drug-likeness (QED) is 0.272. The highest BCUT2D eigenvalue weighted by Gasteiger charge is 2.32. The first kappa shape index (κ1) is 27.2. The first-order valence-corrected chi connectivity index (χ1v) is 14.1. The molecular formula is C29H31ClN6O2S. The summed E-state index contributed by atoms with van der Waals surface area (Å²) in [5.74, 6) is 1.16. The second-order valence-electron chi connectivity index (χ2n) is 9.69. The number of aliphatic hydroxyl groups is 1. The number of hydrogen-bond donors (Lipinski definition) is 3. The van der Waals surface area contributed by atoms with Gasteiger partial charge in [-0.25, -0.2) is 0 Å². The van der Waals surface area contributed by atoms with Gasteiger partial charge < -0.3 is 16.2 Å². The Kier molecular flexibility index (Phi) is 7.95. The molecule has 0 saturated carbocycles. The molecule has 39 heavy (non-hydrogen) atoms.